The SMILES string of the molecule is CCNC(=NCC(c1cccc(F)c1)N1CCOCC1)NCCc1ncc(C)s1. The standard InChI is InChI=1S/C21H30FN5OS/c1-3-23-21(24-8-7-20-25-14-16(2)29-20)26-15-19(27-9-11-28-12-10-27)17-5-4-6-18(22)13-17/h4-6,13-14,19H,3,7-12,15H2,1-2H3,(H2,23,24,26). The summed E-state index contributed by atoms with van der Waals surface area (Å²) >= 11 is 1.72. The number of aliphatic imine (C=N–C) groups is 1. The first-order valence-corrected chi connectivity index (χ1v) is 11.0. The predicted octanol–water partition coefficient (Wildman–Crippen LogP) is 2.76. The third kappa shape index (κ3) is 6.76. The molecule has 1 aromatic carbocycles. The number of rotatable bonds is 8. The third-order valence-electron chi connectivity index (χ3n) is 4.79. The van der Waals surface area contributed by atoms with Gasteiger partial charge in [0.15, 0.2) is 5.96 Å². The van der Waals surface area contributed by atoms with E-state index in [4.69, 9.17) is 9.73 Å². The number of morpholine rings is 1. The van der Waals surface area contributed by atoms with Gasteiger partial charge < -0.3 is 15.4 Å². The molecule has 0 amide bonds. The minimum Gasteiger partial charge on any atom is -0.379 e. The van der Waals surface area contributed by atoms with Crippen LogP contribution in [0.5, 0.6) is 0 Å². The summed E-state index contributed by atoms with van der Waals surface area (Å²) in [4.78, 5) is 12.8. The minimum absolute atomic E-state index is 0.0201. The Morgan fingerprint density at radius 2 is 2.17 bits per heavy atom. The number of nitrogens with one attached hydrogen (secondary N) is 2. The Morgan fingerprint density at radius 1 is 1.34 bits per heavy atom. The van der Waals surface area contributed by atoms with Gasteiger partial charge in [-0.3, -0.25) is 9.89 Å². The van der Waals surface area contributed by atoms with Crippen LogP contribution in [0.4, 0.5) is 4.39 Å². The van der Waals surface area contributed by atoms with Crippen molar-refractivity contribution in [2.45, 2.75) is 26.3 Å². The molecule has 1 atom stereocenters. The highest BCUT2D eigenvalue weighted by Gasteiger charge is 2.23. The van der Waals surface area contributed by atoms with Crippen LogP contribution in [0, 0.1) is 12.7 Å². The van der Waals surface area contributed by atoms with Crippen molar-refractivity contribution in [1.82, 2.24) is 20.5 Å². The zero-order valence-electron chi connectivity index (χ0n) is 17.2. The molecule has 1 aromatic heterocycles. The van der Waals surface area contributed by atoms with E-state index in [1.165, 1.54) is 10.9 Å². The summed E-state index contributed by atoms with van der Waals surface area (Å²) in [6, 6.07) is 6.85. The fourth-order valence-electron chi connectivity index (χ4n) is 3.36. The maximum Gasteiger partial charge on any atom is 0.191 e. The van der Waals surface area contributed by atoms with Crippen LogP contribution >= 0.6 is 11.3 Å². The van der Waals surface area contributed by atoms with Gasteiger partial charge in [0.1, 0.15) is 5.82 Å². The van der Waals surface area contributed by atoms with Crippen molar-refractivity contribution >= 4 is 17.3 Å². The van der Waals surface area contributed by atoms with Gasteiger partial charge in [0, 0.05) is 43.7 Å². The minimum atomic E-state index is -0.214. The Bertz CT molecular complexity index is 791. The second-order valence-corrected chi connectivity index (χ2v) is 8.30. The van der Waals surface area contributed by atoms with E-state index in [9.17, 15) is 4.39 Å². The van der Waals surface area contributed by atoms with Gasteiger partial charge in [0.05, 0.1) is 30.8 Å². The number of guanidine groups is 1. The molecular weight excluding hydrogens is 389 g/mol. The molecular formula is C21H30FN5OS. The van der Waals surface area contributed by atoms with E-state index in [1.807, 2.05) is 19.2 Å². The van der Waals surface area contributed by atoms with E-state index < -0.39 is 0 Å². The van der Waals surface area contributed by atoms with Crippen molar-refractivity contribution in [2.75, 3.05) is 45.9 Å². The number of aromatic nitrogens is 1. The first-order chi connectivity index (χ1) is 14.2. The van der Waals surface area contributed by atoms with Crippen LogP contribution in [0.1, 0.15) is 28.4 Å². The number of aryl methyl sites for hydroxylation is 1. The zero-order chi connectivity index (χ0) is 20.5. The summed E-state index contributed by atoms with van der Waals surface area (Å²) in [6.07, 6.45) is 2.77. The predicted molar refractivity (Wildman–Crippen MR) is 116 cm³/mol. The lowest BCUT2D eigenvalue weighted by atomic mass is 10.0. The van der Waals surface area contributed by atoms with Crippen molar-refractivity contribution in [1.29, 1.82) is 0 Å². The van der Waals surface area contributed by atoms with E-state index in [0.717, 1.165) is 49.1 Å². The highest BCUT2D eigenvalue weighted by molar-refractivity contribution is 7.11. The van der Waals surface area contributed by atoms with E-state index in [1.54, 1.807) is 23.5 Å². The number of thiazole rings is 1. The number of hydrogen-bond acceptors (Lipinski definition) is 5. The fourth-order valence-corrected chi connectivity index (χ4v) is 4.15. The molecule has 1 unspecified atom stereocenters. The van der Waals surface area contributed by atoms with E-state index in [0.29, 0.717) is 19.8 Å². The quantitative estimate of drug-likeness (QED) is 0.509. The lowest BCUT2D eigenvalue weighted by Crippen LogP contribution is -2.42. The summed E-state index contributed by atoms with van der Waals surface area (Å²) in [5.41, 5.74) is 0.949. The highest BCUT2D eigenvalue weighted by atomic mass is 32.1. The van der Waals surface area contributed by atoms with Gasteiger partial charge in [-0.15, -0.1) is 11.3 Å². The van der Waals surface area contributed by atoms with Crippen LogP contribution in [0.2, 0.25) is 0 Å². The Balaban J connectivity index is 1.66. The van der Waals surface area contributed by atoms with Gasteiger partial charge >= 0.3 is 0 Å². The summed E-state index contributed by atoms with van der Waals surface area (Å²) in [6.45, 7) is 9.25. The van der Waals surface area contributed by atoms with Crippen LogP contribution in [-0.4, -0.2) is 61.8 Å². The topological polar surface area (TPSA) is 61.8 Å². The molecule has 2 N–H and O–H groups in total. The molecule has 2 heterocycles. The third-order valence-corrected chi connectivity index (χ3v) is 5.76. The average Bonchev–Trinajstić information content (AvgIpc) is 3.14. The molecule has 1 aliphatic rings. The molecule has 0 spiro atoms. The van der Waals surface area contributed by atoms with Crippen LogP contribution in [0.15, 0.2) is 35.5 Å². The molecule has 1 aliphatic heterocycles. The number of ether oxygens (including phenoxy) is 1. The van der Waals surface area contributed by atoms with Crippen LogP contribution in [0.3, 0.4) is 0 Å². The second kappa shape index (κ2) is 11.2. The van der Waals surface area contributed by atoms with Gasteiger partial charge in [0.25, 0.3) is 0 Å². The number of halogens is 1. The lowest BCUT2D eigenvalue weighted by molar-refractivity contribution is 0.0179. The molecule has 2 aromatic rings. The average molecular weight is 420 g/mol. The van der Waals surface area contributed by atoms with E-state index >= 15 is 0 Å². The van der Waals surface area contributed by atoms with Gasteiger partial charge in [-0.1, -0.05) is 12.1 Å². The normalized spacial score (nSPS) is 16.6. The Kier molecular flexibility index (Phi) is 8.39. The Morgan fingerprint density at radius 3 is 2.86 bits per heavy atom. The van der Waals surface area contributed by atoms with Gasteiger partial charge in [-0.05, 0) is 31.5 Å². The molecule has 1 fully saturated rings. The Hall–Kier alpha value is -2.03. The van der Waals surface area contributed by atoms with Crippen molar-refractivity contribution in [2.24, 2.45) is 4.99 Å². The molecule has 29 heavy (non-hydrogen) atoms. The first-order valence-electron chi connectivity index (χ1n) is 10.2. The molecule has 0 bridgehead atoms. The second-order valence-electron chi connectivity index (χ2n) is 6.98. The fraction of sp³-hybridized carbons (Fsp3) is 0.524. The summed E-state index contributed by atoms with van der Waals surface area (Å²) in [7, 11) is 0. The number of hydrogen-bond donors (Lipinski definition) is 2. The molecule has 0 radical (unpaired) electrons. The van der Waals surface area contributed by atoms with Gasteiger partial charge in [-0.25, -0.2) is 9.37 Å². The Labute approximate surface area is 176 Å². The van der Waals surface area contributed by atoms with Crippen LogP contribution in [0.25, 0.3) is 0 Å². The molecule has 0 saturated carbocycles. The molecule has 3 rings (SSSR count). The monoisotopic (exact) mass is 419 g/mol. The highest BCUT2D eigenvalue weighted by Crippen LogP contribution is 2.23. The largest absolute Gasteiger partial charge is 0.379 e. The molecule has 8 heteroatoms. The smallest absolute Gasteiger partial charge is 0.191 e. The van der Waals surface area contributed by atoms with Gasteiger partial charge in [-0.2, -0.15) is 0 Å². The molecule has 158 valence electrons. The summed E-state index contributed by atoms with van der Waals surface area (Å²) in [5.74, 6) is 0.559. The maximum absolute atomic E-state index is 13.8. The van der Waals surface area contributed by atoms with Gasteiger partial charge in [0.2, 0.25) is 0 Å². The van der Waals surface area contributed by atoms with Crippen molar-refractivity contribution < 1.29 is 9.13 Å². The van der Waals surface area contributed by atoms with Crippen molar-refractivity contribution in [3.05, 3.63) is 51.7 Å². The molecule has 6 nitrogen and oxygen atoms in total. The zero-order valence-corrected chi connectivity index (χ0v) is 18.0. The molecule has 1 saturated heterocycles. The number of nitrogens with zero attached hydrogens (tertiary/aromatic N) is 3. The summed E-state index contributed by atoms with van der Waals surface area (Å²) < 4.78 is 19.3. The first kappa shape index (κ1) is 21.7. The van der Waals surface area contributed by atoms with Crippen molar-refractivity contribution in [3.8, 4) is 0 Å². The van der Waals surface area contributed by atoms with Crippen LogP contribution < -0.4 is 10.6 Å². The van der Waals surface area contributed by atoms with Crippen molar-refractivity contribution in [3.63, 3.8) is 0 Å². The number of benzene rings is 1. The summed E-state index contributed by atoms with van der Waals surface area (Å²) in [5, 5.41) is 7.81. The van der Waals surface area contributed by atoms with E-state index in [2.05, 4.69) is 27.4 Å². The maximum atomic E-state index is 13.8. The lowest BCUT2D eigenvalue weighted by Gasteiger charge is -2.34. The molecule has 0 aliphatic carbocycles. The van der Waals surface area contributed by atoms with Crippen LogP contribution in [-0.2, 0) is 11.2 Å². The van der Waals surface area contributed by atoms with E-state index in [-0.39, 0.29) is 11.9 Å².